The fraction of sp³-hybridized carbons (Fsp3) is 0.857. The molecular formula is C14H26N4O2. The number of urea groups is 1. The minimum absolute atomic E-state index is 0.0334. The van der Waals surface area contributed by atoms with Gasteiger partial charge in [0.05, 0.1) is 6.04 Å². The standard InChI is InChI=1S/C14H26N4O2/c1-3-10(2)12(15)13(19)17-7-4-11(5-8-17)18-9-6-16-14(18)20/h10-12H,3-9,15H2,1-2H3,(H,16,20). The van der Waals surface area contributed by atoms with E-state index >= 15 is 0 Å². The van der Waals surface area contributed by atoms with Crippen molar-refractivity contribution >= 4 is 11.9 Å². The van der Waals surface area contributed by atoms with Crippen molar-refractivity contribution in [3.63, 3.8) is 0 Å². The number of piperidine rings is 1. The molecule has 0 radical (unpaired) electrons. The average Bonchev–Trinajstić information content (AvgIpc) is 2.91. The minimum atomic E-state index is -0.397. The van der Waals surface area contributed by atoms with Crippen molar-refractivity contribution in [1.29, 1.82) is 0 Å². The summed E-state index contributed by atoms with van der Waals surface area (Å²) in [5.74, 6) is 0.272. The third kappa shape index (κ3) is 3.06. The number of likely N-dealkylation sites (tertiary alicyclic amines) is 1. The quantitative estimate of drug-likeness (QED) is 0.782. The van der Waals surface area contributed by atoms with Crippen LogP contribution in [0, 0.1) is 5.92 Å². The summed E-state index contributed by atoms with van der Waals surface area (Å²) in [6.45, 7) is 7.00. The number of amides is 3. The Morgan fingerprint density at radius 1 is 1.40 bits per heavy atom. The monoisotopic (exact) mass is 282 g/mol. The highest BCUT2D eigenvalue weighted by Gasteiger charge is 2.33. The van der Waals surface area contributed by atoms with Crippen molar-refractivity contribution in [2.45, 2.75) is 45.2 Å². The lowest BCUT2D eigenvalue weighted by Gasteiger charge is -2.37. The molecule has 0 saturated carbocycles. The normalized spacial score (nSPS) is 23.6. The molecule has 0 aromatic rings. The number of nitrogens with one attached hydrogen (secondary N) is 1. The van der Waals surface area contributed by atoms with Crippen LogP contribution in [0.4, 0.5) is 4.79 Å². The summed E-state index contributed by atoms with van der Waals surface area (Å²) in [6.07, 6.45) is 2.62. The molecule has 3 N–H and O–H groups in total. The lowest BCUT2D eigenvalue weighted by atomic mass is 9.97. The second-order valence-electron chi connectivity index (χ2n) is 5.89. The van der Waals surface area contributed by atoms with E-state index in [9.17, 15) is 9.59 Å². The second-order valence-corrected chi connectivity index (χ2v) is 5.89. The van der Waals surface area contributed by atoms with E-state index in [1.54, 1.807) is 0 Å². The maximum atomic E-state index is 12.3. The largest absolute Gasteiger partial charge is 0.341 e. The van der Waals surface area contributed by atoms with E-state index < -0.39 is 6.04 Å². The molecule has 3 amide bonds. The summed E-state index contributed by atoms with van der Waals surface area (Å²) < 4.78 is 0. The first-order valence-electron chi connectivity index (χ1n) is 7.63. The Balaban J connectivity index is 1.84. The first kappa shape index (κ1) is 15.1. The molecule has 2 saturated heterocycles. The van der Waals surface area contributed by atoms with Gasteiger partial charge in [-0.05, 0) is 18.8 Å². The first-order chi connectivity index (χ1) is 9.54. The summed E-state index contributed by atoms with van der Waals surface area (Å²) in [4.78, 5) is 27.7. The summed E-state index contributed by atoms with van der Waals surface area (Å²) in [5, 5.41) is 2.83. The van der Waals surface area contributed by atoms with Gasteiger partial charge in [0.1, 0.15) is 0 Å². The number of hydrogen-bond acceptors (Lipinski definition) is 3. The molecule has 114 valence electrons. The zero-order valence-electron chi connectivity index (χ0n) is 12.5. The van der Waals surface area contributed by atoms with Crippen LogP contribution in [0.15, 0.2) is 0 Å². The van der Waals surface area contributed by atoms with Crippen LogP contribution in [0.3, 0.4) is 0 Å². The van der Waals surface area contributed by atoms with Gasteiger partial charge in [-0.25, -0.2) is 4.79 Å². The highest BCUT2D eigenvalue weighted by molar-refractivity contribution is 5.82. The van der Waals surface area contributed by atoms with Gasteiger partial charge in [0.2, 0.25) is 5.91 Å². The van der Waals surface area contributed by atoms with Crippen LogP contribution >= 0.6 is 0 Å². The van der Waals surface area contributed by atoms with E-state index in [0.717, 1.165) is 32.4 Å². The molecule has 0 spiro atoms. The van der Waals surface area contributed by atoms with Gasteiger partial charge in [-0.15, -0.1) is 0 Å². The van der Waals surface area contributed by atoms with Crippen LogP contribution in [-0.2, 0) is 4.79 Å². The molecule has 0 aromatic carbocycles. The molecule has 6 heteroatoms. The number of carbonyl (C=O) groups excluding carboxylic acids is 2. The lowest BCUT2D eigenvalue weighted by Crippen LogP contribution is -2.52. The predicted molar refractivity (Wildman–Crippen MR) is 77.1 cm³/mol. The molecule has 2 unspecified atom stereocenters. The highest BCUT2D eigenvalue weighted by atomic mass is 16.2. The van der Waals surface area contributed by atoms with Gasteiger partial charge in [0.15, 0.2) is 0 Å². The second kappa shape index (κ2) is 6.43. The van der Waals surface area contributed by atoms with Crippen molar-refractivity contribution in [3.8, 4) is 0 Å². The smallest absolute Gasteiger partial charge is 0.317 e. The van der Waals surface area contributed by atoms with Gasteiger partial charge in [-0.2, -0.15) is 0 Å². The molecule has 2 aliphatic heterocycles. The third-order valence-corrected chi connectivity index (χ3v) is 4.65. The Morgan fingerprint density at radius 2 is 2.05 bits per heavy atom. The van der Waals surface area contributed by atoms with Crippen molar-refractivity contribution in [2.24, 2.45) is 11.7 Å². The Hall–Kier alpha value is -1.30. The highest BCUT2D eigenvalue weighted by Crippen LogP contribution is 2.19. The average molecular weight is 282 g/mol. The van der Waals surface area contributed by atoms with E-state index in [1.807, 2.05) is 16.7 Å². The van der Waals surface area contributed by atoms with Gasteiger partial charge < -0.3 is 20.9 Å². The van der Waals surface area contributed by atoms with E-state index in [0.29, 0.717) is 13.1 Å². The molecule has 2 rings (SSSR count). The Labute approximate surface area is 120 Å². The molecule has 2 aliphatic rings. The summed E-state index contributed by atoms with van der Waals surface area (Å²) >= 11 is 0. The number of rotatable bonds is 4. The third-order valence-electron chi connectivity index (χ3n) is 4.65. The van der Waals surface area contributed by atoms with E-state index in [-0.39, 0.29) is 23.9 Å². The Bertz CT molecular complexity index is 366. The van der Waals surface area contributed by atoms with Crippen LogP contribution in [0.2, 0.25) is 0 Å². The fourth-order valence-corrected chi connectivity index (χ4v) is 2.94. The molecule has 0 bridgehead atoms. The minimum Gasteiger partial charge on any atom is -0.341 e. The SMILES string of the molecule is CCC(C)C(N)C(=O)N1CCC(N2CCNC2=O)CC1. The van der Waals surface area contributed by atoms with Gasteiger partial charge in [0, 0.05) is 32.2 Å². The van der Waals surface area contributed by atoms with Crippen molar-refractivity contribution < 1.29 is 9.59 Å². The summed E-state index contributed by atoms with van der Waals surface area (Å²) in [7, 11) is 0. The molecule has 20 heavy (non-hydrogen) atoms. The molecular weight excluding hydrogens is 256 g/mol. The number of nitrogens with two attached hydrogens (primary N) is 1. The van der Waals surface area contributed by atoms with Crippen molar-refractivity contribution in [2.75, 3.05) is 26.2 Å². The Morgan fingerprint density at radius 3 is 2.55 bits per heavy atom. The van der Waals surface area contributed by atoms with E-state index in [1.165, 1.54) is 0 Å². The zero-order valence-corrected chi connectivity index (χ0v) is 12.5. The Kier molecular flexibility index (Phi) is 4.86. The predicted octanol–water partition coefficient (Wildman–Crippen LogP) is 0.376. The van der Waals surface area contributed by atoms with Crippen molar-refractivity contribution in [1.82, 2.24) is 15.1 Å². The number of hydrogen-bond donors (Lipinski definition) is 2. The molecule has 2 atom stereocenters. The molecule has 0 aliphatic carbocycles. The maximum absolute atomic E-state index is 12.3. The molecule has 6 nitrogen and oxygen atoms in total. The van der Waals surface area contributed by atoms with Crippen LogP contribution in [-0.4, -0.2) is 60.0 Å². The van der Waals surface area contributed by atoms with Gasteiger partial charge in [-0.3, -0.25) is 4.79 Å². The van der Waals surface area contributed by atoms with Gasteiger partial charge in [0.25, 0.3) is 0 Å². The zero-order chi connectivity index (χ0) is 14.7. The van der Waals surface area contributed by atoms with Gasteiger partial charge >= 0.3 is 6.03 Å². The fourth-order valence-electron chi connectivity index (χ4n) is 2.94. The lowest BCUT2D eigenvalue weighted by molar-refractivity contribution is -0.135. The first-order valence-corrected chi connectivity index (χ1v) is 7.63. The van der Waals surface area contributed by atoms with E-state index in [4.69, 9.17) is 5.73 Å². The topological polar surface area (TPSA) is 78.7 Å². The van der Waals surface area contributed by atoms with Crippen LogP contribution in [0.1, 0.15) is 33.1 Å². The van der Waals surface area contributed by atoms with Crippen molar-refractivity contribution in [3.05, 3.63) is 0 Å². The summed E-state index contributed by atoms with van der Waals surface area (Å²) in [5.41, 5.74) is 6.02. The molecule has 2 fully saturated rings. The molecule has 2 heterocycles. The van der Waals surface area contributed by atoms with Gasteiger partial charge in [-0.1, -0.05) is 20.3 Å². The summed E-state index contributed by atoms with van der Waals surface area (Å²) in [6, 6.07) is -0.0981. The van der Waals surface area contributed by atoms with Crippen LogP contribution in [0.5, 0.6) is 0 Å². The maximum Gasteiger partial charge on any atom is 0.317 e. The van der Waals surface area contributed by atoms with E-state index in [2.05, 4.69) is 12.2 Å². The van der Waals surface area contributed by atoms with Crippen LogP contribution < -0.4 is 11.1 Å². The number of carbonyl (C=O) groups is 2. The number of nitrogens with zero attached hydrogens (tertiary/aromatic N) is 2. The van der Waals surface area contributed by atoms with Crippen LogP contribution in [0.25, 0.3) is 0 Å². The molecule has 0 aromatic heterocycles.